The number of aliphatic hydroxyl groups excluding tert-OH is 1. The van der Waals surface area contributed by atoms with Crippen LogP contribution < -0.4 is 0 Å². The van der Waals surface area contributed by atoms with Gasteiger partial charge < -0.3 is 5.11 Å². The summed E-state index contributed by atoms with van der Waals surface area (Å²) in [6.07, 6.45) is 1.75. The van der Waals surface area contributed by atoms with E-state index in [1.807, 2.05) is 25.1 Å². The van der Waals surface area contributed by atoms with E-state index in [9.17, 15) is 0 Å². The van der Waals surface area contributed by atoms with Crippen LogP contribution in [0, 0.1) is 6.92 Å². The maximum absolute atomic E-state index is 9.12. The first-order valence-electron chi connectivity index (χ1n) is 4.26. The molecule has 0 amide bonds. The van der Waals surface area contributed by atoms with Gasteiger partial charge in [0.15, 0.2) is 0 Å². The van der Waals surface area contributed by atoms with Crippen molar-refractivity contribution in [3.05, 3.63) is 41.6 Å². The molecule has 2 nitrogen and oxygen atoms in total. The Morgan fingerprint density at radius 2 is 2.23 bits per heavy atom. The standard InChI is InChI=1S/C11H11NO/c1-8-5-9-3-2-4-12-11(9)10(6-8)7-13/h2-6,13H,7H2,1H3. The van der Waals surface area contributed by atoms with Crippen LogP contribution in [0.2, 0.25) is 0 Å². The molecule has 2 heteroatoms. The summed E-state index contributed by atoms with van der Waals surface area (Å²) in [6, 6.07) is 7.95. The van der Waals surface area contributed by atoms with Crippen molar-refractivity contribution in [2.24, 2.45) is 0 Å². The summed E-state index contributed by atoms with van der Waals surface area (Å²) in [5.41, 5.74) is 2.95. The maximum atomic E-state index is 9.12. The second-order valence-corrected chi connectivity index (χ2v) is 3.16. The molecule has 1 heterocycles. The molecule has 2 rings (SSSR count). The summed E-state index contributed by atoms with van der Waals surface area (Å²) < 4.78 is 0. The average Bonchev–Trinajstić information content (AvgIpc) is 2.16. The second kappa shape index (κ2) is 3.15. The Morgan fingerprint density at radius 3 is 3.00 bits per heavy atom. The lowest BCUT2D eigenvalue weighted by Crippen LogP contribution is -1.89. The van der Waals surface area contributed by atoms with Gasteiger partial charge in [-0.15, -0.1) is 0 Å². The van der Waals surface area contributed by atoms with Crippen LogP contribution in [0.15, 0.2) is 30.5 Å². The summed E-state index contributed by atoms with van der Waals surface area (Å²) in [5.74, 6) is 0. The van der Waals surface area contributed by atoms with Crippen molar-refractivity contribution in [1.29, 1.82) is 0 Å². The Balaban J connectivity index is 2.81. The van der Waals surface area contributed by atoms with Crippen molar-refractivity contribution < 1.29 is 5.11 Å². The van der Waals surface area contributed by atoms with Gasteiger partial charge in [-0.1, -0.05) is 17.7 Å². The van der Waals surface area contributed by atoms with E-state index in [0.29, 0.717) is 0 Å². The Morgan fingerprint density at radius 1 is 1.38 bits per heavy atom. The molecular weight excluding hydrogens is 162 g/mol. The molecule has 1 aromatic heterocycles. The van der Waals surface area contributed by atoms with Gasteiger partial charge in [-0.2, -0.15) is 0 Å². The summed E-state index contributed by atoms with van der Waals surface area (Å²) in [6.45, 7) is 2.07. The topological polar surface area (TPSA) is 33.1 Å². The Hall–Kier alpha value is -1.41. The molecular formula is C11H11NO. The number of aliphatic hydroxyl groups is 1. The SMILES string of the molecule is Cc1cc(CO)c2ncccc2c1. The highest BCUT2D eigenvalue weighted by Crippen LogP contribution is 2.18. The van der Waals surface area contributed by atoms with Gasteiger partial charge in [-0.05, 0) is 19.1 Å². The van der Waals surface area contributed by atoms with Gasteiger partial charge in [0.25, 0.3) is 0 Å². The van der Waals surface area contributed by atoms with Crippen molar-refractivity contribution in [2.45, 2.75) is 13.5 Å². The zero-order chi connectivity index (χ0) is 9.26. The van der Waals surface area contributed by atoms with E-state index < -0.39 is 0 Å². The zero-order valence-corrected chi connectivity index (χ0v) is 7.49. The highest BCUT2D eigenvalue weighted by molar-refractivity contribution is 5.82. The van der Waals surface area contributed by atoms with E-state index >= 15 is 0 Å². The predicted molar refractivity (Wildman–Crippen MR) is 52.4 cm³/mol. The quantitative estimate of drug-likeness (QED) is 0.715. The van der Waals surface area contributed by atoms with Crippen LogP contribution in [0.5, 0.6) is 0 Å². The lowest BCUT2D eigenvalue weighted by molar-refractivity contribution is 0.283. The highest BCUT2D eigenvalue weighted by atomic mass is 16.3. The smallest absolute Gasteiger partial charge is 0.0757 e. The van der Waals surface area contributed by atoms with E-state index in [1.54, 1.807) is 6.20 Å². The molecule has 0 aliphatic rings. The molecule has 0 bridgehead atoms. The van der Waals surface area contributed by atoms with E-state index in [-0.39, 0.29) is 6.61 Å². The van der Waals surface area contributed by atoms with Gasteiger partial charge in [0.05, 0.1) is 12.1 Å². The lowest BCUT2D eigenvalue weighted by atomic mass is 10.1. The number of nitrogens with zero attached hydrogens (tertiary/aromatic N) is 1. The molecule has 66 valence electrons. The van der Waals surface area contributed by atoms with Crippen molar-refractivity contribution in [1.82, 2.24) is 4.98 Å². The number of hydrogen-bond donors (Lipinski definition) is 1. The van der Waals surface area contributed by atoms with Crippen molar-refractivity contribution in [2.75, 3.05) is 0 Å². The third-order valence-electron chi connectivity index (χ3n) is 2.10. The number of pyridine rings is 1. The van der Waals surface area contributed by atoms with Gasteiger partial charge in [-0.25, -0.2) is 0 Å². The number of rotatable bonds is 1. The first-order valence-corrected chi connectivity index (χ1v) is 4.26. The number of aryl methyl sites for hydroxylation is 1. The van der Waals surface area contributed by atoms with Gasteiger partial charge in [0, 0.05) is 17.1 Å². The predicted octanol–water partition coefficient (Wildman–Crippen LogP) is 2.04. The number of fused-ring (bicyclic) bond motifs is 1. The minimum absolute atomic E-state index is 0.0508. The maximum Gasteiger partial charge on any atom is 0.0757 e. The normalized spacial score (nSPS) is 10.6. The third-order valence-corrected chi connectivity index (χ3v) is 2.10. The number of aromatic nitrogens is 1. The van der Waals surface area contributed by atoms with E-state index in [0.717, 1.165) is 22.0 Å². The van der Waals surface area contributed by atoms with Crippen LogP contribution in [0.25, 0.3) is 10.9 Å². The van der Waals surface area contributed by atoms with Gasteiger partial charge in [-0.3, -0.25) is 4.98 Å². The fraction of sp³-hybridized carbons (Fsp3) is 0.182. The number of hydrogen-bond acceptors (Lipinski definition) is 2. The van der Waals surface area contributed by atoms with Gasteiger partial charge >= 0.3 is 0 Å². The minimum Gasteiger partial charge on any atom is -0.392 e. The molecule has 0 saturated carbocycles. The molecule has 0 unspecified atom stereocenters. The minimum atomic E-state index is 0.0508. The summed E-state index contributed by atoms with van der Waals surface area (Å²) in [5, 5.41) is 10.2. The highest BCUT2D eigenvalue weighted by Gasteiger charge is 2.01. The van der Waals surface area contributed by atoms with E-state index in [4.69, 9.17) is 5.11 Å². The molecule has 0 aliphatic carbocycles. The van der Waals surface area contributed by atoms with Gasteiger partial charge in [0.2, 0.25) is 0 Å². The summed E-state index contributed by atoms with van der Waals surface area (Å²) in [7, 11) is 0. The fourth-order valence-electron chi connectivity index (χ4n) is 1.55. The Kier molecular flexibility index (Phi) is 1.99. The lowest BCUT2D eigenvalue weighted by Gasteiger charge is -2.03. The monoisotopic (exact) mass is 173 g/mol. The first-order chi connectivity index (χ1) is 6.31. The van der Waals surface area contributed by atoms with Crippen LogP contribution in [0.3, 0.4) is 0 Å². The third kappa shape index (κ3) is 1.40. The van der Waals surface area contributed by atoms with Crippen LogP contribution in [-0.2, 0) is 6.61 Å². The average molecular weight is 173 g/mol. The molecule has 0 aliphatic heterocycles. The van der Waals surface area contributed by atoms with Crippen molar-refractivity contribution in [3.63, 3.8) is 0 Å². The van der Waals surface area contributed by atoms with E-state index in [1.165, 1.54) is 0 Å². The van der Waals surface area contributed by atoms with Crippen LogP contribution >= 0.6 is 0 Å². The molecule has 0 spiro atoms. The molecule has 2 aromatic rings. The van der Waals surface area contributed by atoms with Crippen molar-refractivity contribution in [3.8, 4) is 0 Å². The molecule has 0 radical (unpaired) electrons. The van der Waals surface area contributed by atoms with Crippen LogP contribution in [0.1, 0.15) is 11.1 Å². The Labute approximate surface area is 76.9 Å². The van der Waals surface area contributed by atoms with Gasteiger partial charge in [0.1, 0.15) is 0 Å². The fourth-order valence-corrected chi connectivity index (χ4v) is 1.55. The largest absolute Gasteiger partial charge is 0.392 e. The molecule has 1 aromatic carbocycles. The van der Waals surface area contributed by atoms with E-state index in [2.05, 4.69) is 11.1 Å². The number of benzene rings is 1. The molecule has 0 saturated heterocycles. The Bertz CT molecular complexity index is 437. The van der Waals surface area contributed by atoms with Crippen molar-refractivity contribution >= 4 is 10.9 Å². The van der Waals surface area contributed by atoms with Crippen LogP contribution in [0.4, 0.5) is 0 Å². The molecule has 0 atom stereocenters. The molecule has 1 N–H and O–H groups in total. The first kappa shape index (κ1) is 8.20. The molecule has 0 fully saturated rings. The summed E-state index contributed by atoms with van der Waals surface area (Å²) in [4.78, 5) is 4.23. The second-order valence-electron chi connectivity index (χ2n) is 3.16. The summed E-state index contributed by atoms with van der Waals surface area (Å²) >= 11 is 0. The molecule has 13 heavy (non-hydrogen) atoms. The zero-order valence-electron chi connectivity index (χ0n) is 7.49. The van der Waals surface area contributed by atoms with Crippen LogP contribution in [-0.4, -0.2) is 10.1 Å².